The molecule has 0 bridgehead atoms. The lowest BCUT2D eigenvalue weighted by atomic mass is 10.6. The van der Waals surface area contributed by atoms with Crippen LogP contribution in [-0.2, 0) is 28.5 Å². The van der Waals surface area contributed by atoms with E-state index in [-0.39, 0.29) is 12.5 Å². The molecule has 0 saturated carbocycles. The topological polar surface area (TPSA) is 95.1 Å². The van der Waals surface area contributed by atoms with Gasteiger partial charge >= 0.3 is 0 Å². The van der Waals surface area contributed by atoms with Crippen LogP contribution in [0.25, 0.3) is 0 Å². The van der Waals surface area contributed by atoms with Crippen LogP contribution in [0.4, 0.5) is 0 Å². The van der Waals surface area contributed by atoms with Gasteiger partial charge in [-0.3, -0.25) is 9.59 Å². The van der Waals surface area contributed by atoms with Crippen LogP contribution in [0.1, 0.15) is 0 Å². The average molecular weight is 292 g/mol. The molecular formula is C12H24N2O6. The zero-order valence-corrected chi connectivity index (χ0v) is 11.9. The monoisotopic (exact) mass is 292 g/mol. The van der Waals surface area contributed by atoms with E-state index in [1.54, 1.807) is 0 Å². The number of amides is 2. The van der Waals surface area contributed by atoms with Crippen molar-refractivity contribution in [3.8, 4) is 0 Å². The summed E-state index contributed by atoms with van der Waals surface area (Å²) in [4.78, 5) is 20.9. The third-order valence-corrected chi connectivity index (χ3v) is 2.06. The van der Waals surface area contributed by atoms with Gasteiger partial charge in [-0.15, -0.1) is 0 Å². The molecule has 2 amide bonds. The molecule has 0 aromatic carbocycles. The quantitative estimate of drug-likeness (QED) is 0.283. The highest BCUT2D eigenvalue weighted by Gasteiger charge is 1.97. The Hall–Kier alpha value is -1.22. The molecule has 0 aliphatic heterocycles. The molecule has 20 heavy (non-hydrogen) atoms. The largest absolute Gasteiger partial charge is 0.377 e. The van der Waals surface area contributed by atoms with Crippen LogP contribution in [0, 0.1) is 0 Å². The van der Waals surface area contributed by atoms with Gasteiger partial charge in [-0.2, -0.15) is 0 Å². The molecule has 0 spiro atoms. The SMILES string of the molecule is COCC(=O)NCCOCCOCCOCCNC=O. The Morgan fingerprint density at radius 1 is 0.950 bits per heavy atom. The van der Waals surface area contributed by atoms with Gasteiger partial charge in [-0.05, 0) is 0 Å². The number of carbonyl (C=O) groups excluding carboxylic acids is 2. The number of carbonyl (C=O) groups is 2. The van der Waals surface area contributed by atoms with E-state index in [9.17, 15) is 9.59 Å². The molecule has 8 heteroatoms. The van der Waals surface area contributed by atoms with Crippen molar-refractivity contribution >= 4 is 12.3 Å². The molecule has 0 unspecified atom stereocenters. The number of ether oxygens (including phenoxy) is 4. The van der Waals surface area contributed by atoms with Gasteiger partial charge in [-0.25, -0.2) is 0 Å². The van der Waals surface area contributed by atoms with Gasteiger partial charge < -0.3 is 29.6 Å². The molecule has 0 aliphatic rings. The van der Waals surface area contributed by atoms with Crippen LogP contribution >= 0.6 is 0 Å². The smallest absolute Gasteiger partial charge is 0.246 e. The van der Waals surface area contributed by atoms with E-state index in [0.717, 1.165) is 0 Å². The molecule has 0 aliphatic carbocycles. The van der Waals surface area contributed by atoms with Gasteiger partial charge in [0.2, 0.25) is 12.3 Å². The van der Waals surface area contributed by atoms with Crippen LogP contribution in [0.5, 0.6) is 0 Å². The van der Waals surface area contributed by atoms with Gasteiger partial charge in [0.1, 0.15) is 6.61 Å². The highest BCUT2D eigenvalue weighted by atomic mass is 16.5. The zero-order chi connectivity index (χ0) is 14.9. The Kier molecular flexibility index (Phi) is 14.9. The second-order valence-electron chi connectivity index (χ2n) is 3.69. The Morgan fingerprint density at radius 3 is 2.05 bits per heavy atom. The molecule has 0 radical (unpaired) electrons. The maximum atomic E-state index is 11.0. The van der Waals surface area contributed by atoms with Crippen LogP contribution < -0.4 is 10.6 Å². The van der Waals surface area contributed by atoms with Crippen molar-refractivity contribution in [3.63, 3.8) is 0 Å². The number of nitrogens with one attached hydrogen (secondary N) is 2. The van der Waals surface area contributed by atoms with Crippen LogP contribution in [0.3, 0.4) is 0 Å². The summed E-state index contributed by atoms with van der Waals surface area (Å²) in [5, 5.41) is 5.13. The summed E-state index contributed by atoms with van der Waals surface area (Å²) in [5.74, 6) is -0.159. The second kappa shape index (κ2) is 15.8. The van der Waals surface area contributed by atoms with E-state index < -0.39 is 0 Å². The number of methoxy groups -OCH3 is 1. The minimum absolute atomic E-state index is 0.0610. The van der Waals surface area contributed by atoms with Gasteiger partial charge in [0.05, 0.1) is 39.6 Å². The van der Waals surface area contributed by atoms with E-state index in [0.29, 0.717) is 59.1 Å². The summed E-state index contributed by atoms with van der Waals surface area (Å²) in [6.45, 7) is 3.83. The summed E-state index contributed by atoms with van der Waals surface area (Å²) in [5.41, 5.74) is 0. The fraction of sp³-hybridized carbons (Fsp3) is 0.833. The molecule has 8 nitrogen and oxygen atoms in total. The molecule has 0 rings (SSSR count). The lowest BCUT2D eigenvalue weighted by Gasteiger charge is -2.07. The zero-order valence-electron chi connectivity index (χ0n) is 11.9. The van der Waals surface area contributed by atoms with E-state index in [2.05, 4.69) is 15.4 Å². The molecule has 0 heterocycles. The number of hydrogen-bond donors (Lipinski definition) is 2. The minimum Gasteiger partial charge on any atom is -0.377 e. The summed E-state index contributed by atoms with van der Waals surface area (Å²) in [7, 11) is 1.47. The van der Waals surface area contributed by atoms with Gasteiger partial charge in [0, 0.05) is 20.2 Å². The van der Waals surface area contributed by atoms with E-state index in [1.165, 1.54) is 7.11 Å². The lowest BCUT2D eigenvalue weighted by Crippen LogP contribution is -2.30. The van der Waals surface area contributed by atoms with Gasteiger partial charge in [0.15, 0.2) is 0 Å². The molecule has 0 fully saturated rings. The molecule has 2 N–H and O–H groups in total. The fourth-order valence-electron chi connectivity index (χ4n) is 1.18. The van der Waals surface area contributed by atoms with Crippen molar-refractivity contribution in [2.24, 2.45) is 0 Å². The first-order chi connectivity index (χ1) is 9.81. The first-order valence-electron chi connectivity index (χ1n) is 6.47. The summed E-state index contributed by atoms with van der Waals surface area (Å²) < 4.78 is 20.4. The van der Waals surface area contributed by atoms with Crippen molar-refractivity contribution in [1.29, 1.82) is 0 Å². The molecule has 0 aromatic rings. The Bertz CT molecular complexity index is 240. The Balaban J connectivity index is 3.02. The van der Waals surface area contributed by atoms with E-state index in [4.69, 9.17) is 14.2 Å². The van der Waals surface area contributed by atoms with Crippen molar-refractivity contribution in [2.45, 2.75) is 0 Å². The predicted octanol–water partition coefficient (Wildman–Crippen LogP) is -1.46. The van der Waals surface area contributed by atoms with Crippen LogP contribution in [0.2, 0.25) is 0 Å². The fourth-order valence-corrected chi connectivity index (χ4v) is 1.18. The molecule has 118 valence electrons. The highest BCUT2D eigenvalue weighted by molar-refractivity contribution is 5.77. The molecule has 0 saturated heterocycles. The standard InChI is InChI=1S/C12H24N2O6/c1-17-10-12(16)14-3-5-19-7-9-20-8-6-18-4-2-13-11-15/h11H,2-10H2,1H3,(H,13,15)(H,14,16). The Labute approximate surface area is 119 Å². The first-order valence-corrected chi connectivity index (χ1v) is 6.47. The second-order valence-corrected chi connectivity index (χ2v) is 3.69. The van der Waals surface area contributed by atoms with Crippen molar-refractivity contribution < 1.29 is 28.5 Å². The van der Waals surface area contributed by atoms with Crippen LogP contribution in [-0.4, -0.2) is 78.8 Å². The Morgan fingerprint density at radius 2 is 1.50 bits per heavy atom. The normalized spacial score (nSPS) is 10.2. The summed E-state index contributed by atoms with van der Waals surface area (Å²) in [6.07, 6.45) is 0.634. The molecule has 0 aromatic heterocycles. The van der Waals surface area contributed by atoms with E-state index in [1.807, 2.05) is 0 Å². The number of rotatable bonds is 15. The van der Waals surface area contributed by atoms with Gasteiger partial charge in [-0.1, -0.05) is 0 Å². The van der Waals surface area contributed by atoms with Crippen molar-refractivity contribution in [1.82, 2.24) is 10.6 Å². The maximum absolute atomic E-state index is 11.0. The lowest BCUT2D eigenvalue weighted by molar-refractivity contribution is -0.125. The van der Waals surface area contributed by atoms with Crippen molar-refractivity contribution in [2.75, 3.05) is 66.4 Å². The molecular weight excluding hydrogens is 268 g/mol. The third-order valence-electron chi connectivity index (χ3n) is 2.06. The summed E-state index contributed by atoms with van der Waals surface area (Å²) >= 11 is 0. The van der Waals surface area contributed by atoms with Gasteiger partial charge in [0.25, 0.3) is 0 Å². The summed E-state index contributed by atoms with van der Waals surface area (Å²) in [6, 6.07) is 0. The predicted molar refractivity (Wildman–Crippen MR) is 71.4 cm³/mol. The highest BCUT2D eigenvalue weighted by Crippen LogP contribution is 1.81. The van der Waals surface area contributed by atoms with E-state index >= 15 is 0 Å². The maximum Gasteiger partial charge on any atom is 0.246 e. The minimum atomic E-state index is -0.159. The average Bonchev–Trinajstić information content (AvgIpc) is 2.44. The first kappa shape index (κ1) is 18.8. The van der Waals surface area contributed by atoms with Crippen LogP contribution in [0.15, 0.2) is 0 Å². The van der Waals surface area contributed by atoms with Crippen molar-refractivity contribution in [3.05, 3.63) is 0 Å². The molecule has 0 atom stereocenters. The number of hydrogen-bond acceptors (Lipinski definition) is 6. The third kappa shape index (κ3) is 14.8.